The summed E-state index contributed by atoms with van der Waals surface area (Å²) in [4.78, 5) is 23.1. The van der Waals surface area contributed by atoms with Gasteiger partial charge in [0.15, 0.2) is 0 Å². The smallest absolute Gasteiger partial charge is 0.336 e. The number of hydrogen-bond acceptors (Lipinski definition) is 3. The highest BCUT2D eigenvalue weighted by Crippen LogP contribution is 2.22. The van der Waals surface area contributed by atoms with Crippen molar-refractivity contribution in [2.45, 2.75) is 6.92 Å². The van der Waals surface area contributed by atoms with Crippen LogP contribution in [0, 0.1) is 10.5 Å². The minimum Gasteiger partial charge on any atom is -0.507 e. The zero-order chi connectivity index (χ0) is 15.6. The summed E-state index contributed by atoms with van der Waals surface area (Å²) in [5.74, 6) is -1.43. The summed E-state index contributed by atoms with van der Waals surface area (Å²) in [6.45, 7) is 1.69. The molecule has 0 heterocycles. The Kier molecular flexibility index (Phi) is 4.46. The van der Waals surface area contributed by atoms with E-state index < -0.39 is 11.9 Å². The first kappa shape index (κ1) is 15.3. The molecule has 2 rings (SSSR count). The Bertz CT molecular complexity index is 728. The Balaban J connectivity index is 2.25. The van der Waals surface area contributed by atoms with E-state index in [1.165, 1.54) is 12.1 Å². The number of phenolic OH excluding ortho intramolecular Hbond substituents is 1. The van der Waals surface area contributed by atoms with Gasteiger partial charge < -0.3 is 15.5 Å². The van der Waals surface area contributed by atoms with Crippen LogP contribution in [-0.4, -0.2) is 22.1 Å². The molecular weight excluding hydrogens is 385 g/mol. The third-order valence-electron chi connectivity index (χ3n) is 2.93. The summed E-state index contributed by atoms with van der Waals surface area (Å²) in [6, 6.07) is 9.24. The minimum absolute atomic E-state index is 0.0263. The van der Waals surface area contributed by atoms with Crippen molar-refractivity contribution in [1.82, 2.24) is 0 Å². The maximum Gasteiger partial charge on any atom is 0.336 e. The molecule has 2 aromatic carbocycles. The summed E-state index contributed by atoms with van der Waals surface area (Å²) in [6.07, 6.45) is 0. The molecule has 0 fully saturated rings. The highest BCUT2D eigenvalue weighted by Gasteiger charge is 2.12. The molecule has 0 saturated heterocycles. The van der Waals surface area contributed by atoms with E-state index in [9.17, 15) is 14.7 Å². The number of carbonyl (C=O) groups excluding carboxylic acids is 1. The van der Waals surface area contributed by atoms with Crippen molar-refractivity contribution in [3.05, 3.63) is 56.7 Å². The van der Waals surface area contributed by atoms with Crippen LogP contribution in [0.1, 0.15) is 26.3 Å². The Morgan fingerprint density at radius 2 is 1.86 bits per heavy atom. The van der Waals surface area contributed by atoms with Crippen molar-refractivity contribution in [3.8, 4) is 5.75 Å². The number of aromatic carboxylic acids is 1. The van der Waals surface area contributed by atoms with E-state index >= 15 is 0 Å². The summed E-state index contributed by atoms with van der Waals surface area (Å²) in [5.41, 5.74) is 1.44. The summed E-state index contributed by atoms with van der Waals surface area (Å²) in [7, 11) is 0. The molecule has 108 valence electrons. The van der Waals surface area contributed by atoms with Crippen LogP contribution >= 0.6 is 22.6 Å². The number of rotatable bonds is 3. The van der Waals surface area contributed by atoms with Gasteiger partial charge in [-0.3, -0.25) is 4.79 Å². The van der Waals surface area contributed by atoms with Gasteiger partial charge in [-0.25, -0.2) is 4.79 Å². The number of hydrogen-bond donors (Lipinski definition) is 3. The van der Waals surface area contributed by atoms with Gasteiger partial charge in [0.1, 0.15) is 5.75 Å². The standard InChI is InChI=1S/C15H12INO4/c1-8-2-4-10(7-11(8)15(20)21)17-14(19)9-3-5-12(16)13(18)6-9/h2-7,18H,1H3,(H,17,19)(H,20,21). The molecule has 0 spiro atoms. The first-order valence-electron chi connectivity index (χ1n) is 6.02. The lowest BCUT2D eigenvalue weighted by Gasteiger charge is -2.08. The number of phenols is 1. The van der Waals surface area contributed by atoms with Crippen LogP contribution < -0.4 is 5.32 Å². The molecule has 2 aromatic rings. The predicted octanol–water partition coefficient (Wildman–Crippen LogP) is 3.26. The van der Waals surface area contributed by atoms with Crippen LogP contribution in [0.15, 0.2) is 36.4 Å². The molecule has 21 heavy (non-hydrogen) atoms. The van der Waals surface area contributed by atoms with Gasteiger partial charge in [-0.1, -0.05) is 6.07 Å². The van der Waals surface area contributed by atoms with Crippen LogP contribution in [0.25, 0.3) is 0 Å². The van der Waals surface area contributed by atoms with Gasteiger partial charge in [-0.05, 0) is 65.4 Å². The average Bonchev–Trinajstić information content (AvgIpc) is 2.43. The molecule has 6 heteroatoms. The average molecular weight is 397 g/mol. The zero-order valence-electron chi connectivity index (χ0n) is 11.1. The molecule has 0 atom stereocenters. The molecule has 0 aliphatic rings. The number of nitrogens with one attached hydrogen (secondary N) is 1. The lowest BCUT2D eigenvalue weighted by molar-refractivity contribution is 0.0695. The van der Waals surface area contributed by atoms with E-state index in [0.717, 1.165) is 0 Å². The minimum atomic E-state index is -1.05. The van der Waals surface area contributed by atoms with Gasteiger partial charge in [-0.15, -0.1) is 0 Å². The van der Waals surface area contributed by atoms with Gasteiger partial charge in [0, 0.05) is 11.3 Å². The second-order valence-corrected chi connectivity index (χ2v) is 5.62. The molecule has 0 radical (unpaired) electrons. The second kappa shape index (κ2) is 6.13. The fourth-order valence-electron chi connectivity index (χ4n) is 1.79. The number of carboxylic acids is 1. The Labute approximate surface area is 134 Å². The van der Waals surface area contributed by atoms with Crippen LogP contribution in [0.5, 0.6) is 5.75 Å². The molecule has 0 bridgehead atoms. The molecule has 0 saturated carbocycles. The van der Waals surface area contributed by atoms with E-state index in [4.69, 9.17) is 5.11 Å². The largest absolute Gasteiger partial charge is 0.507 e. The van der Waals surface area contributed by atoms with Crippen molar-refractivity contribution in [1.29, 1.82) is 0 Å². The highest BCUT2D eigenvalue weighted by molar-refractivity contribution is 14.1. The molecule has 1 amide bonds. The van der Waals surface area contributed by atoms with Gasteiger partial charge in [0.05, 0.1) is 9.13 Å². The maximum absolute atomic E-state index is 12.1. The van der Waals surface area contributed by atoms with Crippen LogP contribution in [0.3, 0.4) is 0 Å². The van der Waals surface area contributed by atoms with Crippen molar-refractivity contribution < 1.29 is 19.8 Å². The normalized spacial score (nSPS) is 10.2. The van der Waals surface area contributed by atoms with Crippen LogP contribution in [0.2, 0.25) is 0 Å². The van der Waals surface area contributed by atoms with Crippen molar-refractivity contribution >= 4 is 40.2 Å². The monoisotopic (exact) mass is 397 g/mol. The Hall–Kier alpha value is -2.09. The number of aryl methyl sites for hydroxylation is 1. The topological polar surface area (TPSA) is 86.6 Å². The third kappa shape index (κ3) is 3.52. The van der Waals surface area contributed by atoms with E-state index in [-0.39, 0.29) is 11.3 Å². The first-order chi connectivity index (χ1) is 9.88. The second-order valence-electron chi connectivity index (χ2n) is 4.46. The van der Waals surface area contributed by atoms with Gasteiger partial charge in [-0.2, -0.15) is 0 Å². The van der Waals surface area contributed by atoms with Crippen molar-refractivity contribution in [3.63, 3.8) is 0 Å². The fourth-order valence-corrected chi connectivity index (χ4v) is 2.12. The van der Waals surface area contributed by atoms with Gasteiger partial charge >= 0.3 is 5.97 Å². The number of carboxylic acid groups (broad SMARTS) is 1. The number of amides is 1. The van der Waals surface area contributed by atoms with Gasteiger partial charge in [0.2, 0.25) is 0 Å². The molecule has 0 aromatic heterocycles. The predicted molar refractivity (Wildman–Crippen MR) is 86.9 cm³/mol. The highest BCUT2D eigenvalue weighted by atomic mass is 127. The SMILES string of the molecule is Cc1ccc(NC(=O)c2ccc(I)c(O)c2)cc1C(=O)O. The van der Waals surface area contributed by atoms with Crippen LogP contribution in [-0.2, 0) is 0 Å². The molecule has 0 aliphatic heterocycles. The molecule has 3 N–H and O–H groups in total. The summed E-state index contributed by atoms with van der Waals surface area (Å²) < 4.78 is 0.646. The zero-order valence-corrected chi connectivity index (χ0v) is 13.2. The molecule has 5 nitrogen and oxygen atoms in total. The van der Waals surface area contributed by atoms with E-state index in [1.54, 1.807) is 31.2 Å². The quantitative estimate of drug-likeness (QED) is 0.695. The molecule has 0 aliphatic carbocycles. The van der Waals surface area contributed by atoms with Gasteiger partial charge in [0.25, 0.3) is 5.91 Å². The van der Waals surface area contributed by atoms with Crippen molar-refractivity contribution in [2.75, 3.05) is 5.32 Å². The summed E-state index contributed by atoms with van der Waals surface area (Å²) in [5, 5.41) is 21.3. The lowest BCUT2D eigenvalue weighted by Crippen LogP contribution is -2.12. The van der Waals surface area contributed by atoms with Crippen LogP contribution in [0.4, 0.5) is 5.69 Å². The van der Waals surface area contributed by atoms with E-state index in [1.807, 2.05) is 22.6 Å². The first-order valence-corrected chi connectivity index (χ1v) is 7.10. The number of carbonyl (C=O) groups is 2. The lowest BCUT2D eigenvalue weighted by atomic mass is 10.1. The number of anilines is 1. The van der Waals surface area contributed by atoms with E-state index in [0.29, 0.717) is 20.4 Å². The van der Waals surface area contributed by atoms with Crippen molar-refractivity contribution in [2.24, 2.45) is 0 Å². The number of benzene rings is 2. The third-order valence-corrected chi connectivity index (χ3v) is 3.85. The van der Waals surface area contributed by atoms with E-state index in [2.05, 4.69) is 5.32 Å². The Morgan fingerprint density at radius 1 is 1.14 bits per heavy atom. The Morgan fingerprint density at radius 3 is 2.48 bits per heavy atom. The maximum atomic E-state index is 12.1. The molecular formula is C15H12INO4. The summed E-state index contributed by atoms with van der Waals surface area (Å²) >= 11 is 1.96. The fraction of sp³-hybridized carbons (Fsp3) is 0.0667. The number of halogens is 1. The molecule has 0 unspecified atom stereocenters. The number of aromatic hydroxyl groups is 1.